The van der Waals surface area contributed by atoms with Crippen LogP contribution >= 0.6 is 0 Å². The van der Waals surface area contributed by atoms with Crippen LogP contribution < -0.4 is 10.1 Å². The second kappa shape index (κ2) is 6.29. The third kappa shape index (κ3) is 3.76. The summed E-state index contributed by atoms with van der Waals surface area (Å²) in [6, 6.07) is 6.61. The summed E-state index contributed by atoms with van der Waals surface area (Å²) < 4.78 is 18.8. The highest BCUT2D eigenvalue weighted by Crippen LogP contribution is 2.23. The summed E-state index contributed by atoms with van der Waals surface area (Å²) in [5, 5.41) is 3.23. The van der Waals surface area contributed by atoms with Gasteiger partial charge in [-0.25, -0.2) is 4.39 Å². The largest absolute Gasteiger partial charge is 0.456 e. The van der Waals surface area contributed by atoms with Crippen LogP contribution in [-0.4, -0.2) is 11.5 Å². The molecule has 0 radical (unpaired) electrons. The van der Waals surface area contributed by atoms with E-state index in [0.717, 1.165) is 18.7 Å². The molecule has 0 bridgehead atoms. The van der Waals surface area contributed by atoms with Crippen molar-refractivity contribution in [3.8, 4) is 11.5 Å². The molecule has 0 saturated carbocycles. The van der Waals surface area contributed by atoms with Crippen LogP contribution in [0.5, 0.6) is 11.5 Å². The molecule has 100 valence electrons. The number of pyridine rings is 1. The molecule has 4 heteroatoms. The van der Waals surface area contributed by atoms with Gasteiger partial charge in [0.1, 0.15) is 17.3 Å². The average molecular weight is 260 g/mol. The van der Waals surface area contributed by atoms with E-state index in [1.54, 1.807) is 31.5 Å². The fourth-order valence-corrected chi connectivity index (χ4v) is 1.70. The van der Waals surface area contributed by atoms with Crippen molar-refractivity contribution in [2.45, 2.75) is 20.4 Å². The molecule has 19 heavy (non-hydrogen) atoms. The van der Waals surface area contributed by atoms with Crippen LogP contribution in [0.1, 0.15) is 18.1 Å². The summed E-state index contributed by atoms with van der Waals surface area (Å²) in [7, 11) is 0. The van der Waals surface area contributed by atoms with Crippen molar-refractivity contribution >= 4 is 0 Å². The first-order chi connectivity index (χ1) is 9.19. The van der Waals surface area contributed by atoms with Crippen LogP contribution in [0.25, 0.3) is 0 Å². The molecule has 3 nitrogen and oxygen atoms in total. The highest BCUT2D eigenvalue weighted by molar-refractivity contribution is 5.34. The van der Waals surface area contributed by atoms with Gasteiger partial charge in [-0.05, 0) is 48.9 Å². The molecule has 1 aromatic carbocycles. The Hall–Kier alpha value is -1.94. The number of ether oxygens (including phenoxy) is 1. The van der Waals surface area contributed by atoms with Gasteiger partial charge in [0.2, 0.25) is 0 Å². The zero-order valence-electron chi connectivity index (χ0n) is 11.1. The molecule has 1 aromatic heterocycles. The van der Waals surface area contributed by atoms with Crippen molar-refractivity contribution in [1.82, 2.24) is 10.3 Å². The molecule has 2 rings (SSSR count). The molecular weight excluding hydrogens is 243 g/mol. The summed E-state index contributed by atoms with van der Waals surface area (Å²) in [5.74, 6) is 1.04. The number of nitrogens with zero attached hydrogens (tertiary/aromatic N) is 1. The lowest BCUT2D eigenvalue weighted by Crippen LogP contribution is -2.11. The van der Waals surface area contributed by atoms with Crippen molar-refractivity contribution in [2.24, 2.45) is 0 Å². The van der Waals surface area contributed by atoms with E-state index in [2.05, 4.69) is 17.2 Å². The van der Waals surface area contributed by atoms with Gasteiger partial charge in [-0.3, -0.25) is 4.98 Å². The van der Waals surface area contributed by atoms with Crippen molar-refractivity contribution in [3.05, 3.63) is 53.6 Å². The van der Waals surface area contributed by atoms with E-state index in [1.165, 1.54) is 6.07 Å². The number of aromatic nitrogens is 1. The first-order valence-corrected chi connectivity index (χ1v) is 6.27. The maximum Gasteiger partial charge on any atom is 0.146 e. The van der Waals surface area contributed by atoms with E-state index in [0.29, 0.717) is 17.1 Å². The van der Waals surface area contributed by atoms with E-state index < -0.39 is 0 Å². The minimum Gasteiger partial charge on any atom is -0.456 e. The Bertz CT molecular complexity index is 558. The minimum absolute atomic E-state index is 0.230. The molecular formula is C15H17FN2O. The van der Waals surface area contributed by atoms with Gasteiger partial charge in [-0.1, -0.05) is 6.92 Å². The van der Waals surface area contributed by atoms with Crippen LogP contribution in [-0.2, 0) is 6.54 Å². The SMILES string of the molecule is CCNCc1cncc(Oc2ccc(F)c(C)c2)c1. The monoisotopic (exact) mass is 260 g/mol. The third-order valence-electron chi connectivity index (χ3n) is 2.71. The Morgan fingerprint density at radius 2 is 2.05 bits per heavy atom. The molecule has 0 unspecified atom stereocenters. The van der Waals surface area contributed by atoms with Gasteiger partial charge in [0.05, 0.1) is 6.20 Å². The number of hydrogen-bond acceptors (Lipinski definition) is 3. The third-order valence-corrected chi connectivity index (χ3v) is 2.71. The van der Waals surface area contributed by atoms with Crippen LogP contribution in [0.2, 0.25) is 0 Å². The van der Waals surface area contributed by atoms with E-state index in [4.69, 9.17) is 4.74 Å². The van der Waals surface area contributed by atoms with E-state index in [-0.39, 0.29) is 5.82 Å². The summed E-state index contributed by atoms with van der Waals surface area (Å²) >= 11 is 0. The molecule has 0 aliphatic carbocycles. The number of nitrogens with one attached hydrogen (secondary N) is 1. The molecule has 0 aliphatic rings. The van der Waals surface area contributed by atoms with E-state index in [9.17, 15) is 4.39 Å². The van der Waals surface area contributed by atoms with Gasteiger partial charge in [0.15, 0.2) is 0 Å². The van der Waals surface area contributed by atoms with Crippen molar-refractivity contribution in [3.63, 3.8) is 0 Å². The quantitative estimate of drug-likeness (QED) is 0.894. The topological polar surface area (TPSA) is 34.2 Å². The highest BCUT2D eigenvalue weighted by Gasteiger charge is 2.03. The molecule has 0 atom stereocenters. The number of aryl methyl sites for hydroxylation is 1. The molecule has 2 aromatic rings. The second-order valence-electron chi connectivity index (χ2n) is 4.32. The van der Waals surface area contributed by atoms with E-state index in [1.807, 2.05) is 6.07 Å². The van der Waals surface area contributed by atoms with Crippen LogP contribution in [0.3, 0.4) is 0 Å². The Labute approximate surface area is 112 Å². The first kappa shape index (κ1) is 13.5. The van der Waals surface area contributed by atoms with Crippen molar-refractivity contribution in [1.29, 1.82) is 0 Å². The standard InChI is InChI=1S/C15H17FN2O/c1-3-17-8-12-7-14(10-18-9-12)19-13-4-5-15(16)11(2)6-13/h4-7,9-10,17H,3,8H2,1-2H3. The van der Waals surface area contributed by atoms with Crippen LogP contribution in [0.15, 0.2) is 36.7 Å². The normalized spacial score (nSPS) is 10.5. The number of rotatable bonds is 5. The smallest absolute Gasteiger partial charge is 0.146 e. The molecule has 1 N–H and O–H groups in total. The zero-order chi connectivity index (χ0) is 13.7. The minimum atomic E-state index is -0.230. The number of hydrogen-bond donors (Lipinski definition) is 1. The fraction of sp³-hybridized carbons (Fsp3) is 0.267. The summed E-state index contributed by atoms with van der Waals surface area (Å²) in [5.41, 5.74) is 1.62. The average Bonchev–Trinajstić information content (AvgIpc) is 2.41. The Kier molecular flexibility index (Phi) is 4.47. The van der Waals surface area contributed by atoms with E-state index >= 15 is 0 Å². The Morgan fingerprint density at radius 1 is 1.21 bits per heavy atom. The van der Waals surface area contributed by atoms with Gasteiger partial charge in [-0.15, -0.1) is 0 Å². The molecule has 0 spiro atoms. The number of benzene rings is 1. The van der Waals surface area contributed by atoms with Gasteiger partial charge in [0, 0.05) is 12.7 Å². The molecule has 0 saturated heterocycles. The predicted molar refractivity (Wildman–Crippen MR) is 72.8 cm³/mol. The van der Waals surface area contributed by atoms with Gasteiger partial charge in [-0.2, -0.15) is 0 Å². The highest BCUT2D eigenvalue weighted by atomic mass is 19.1. The zero-order valence-corrected chi connectivity index (χ0v) is 11.1. The summed E-state index contributed by atoms with van der Waals surface area (Å²) in [6.07, 6.45) is 3.44. The molecule has 0 fully saturated rings. The second-order valence-corrected chi connectivity index (χ2v) is 4.32. The van der Waals surface area contributed by atoms with Crippen LogP contribution in [0, 0.1) is 12.7 Å². The predicted octanol–water partition coefficient (Wildman–Crippen LogP) is 3.43. The maximum absolute atomic E-state index is 13.2. The van der Waals surface area contributed by atoms with Crippen molar-refractivity contribution in [2.75, 3.05) is 6.54 Å². The van der Waals surface area contributed by atoms with Gasteiger partial charge >= 0.3 is 0 Å². The maximum atomic E-state index is 13.2. The Balaban J connectivity index is 2.11. The lowest BCUT2D eigenvalue weighted by atomic mass is 10.2. The first-order valence-electron chi connectivity index (χ1n) is 6.27. The molecule has 0 aliphatic heterocycles. The van der Waals surface area contributed by atoms with Crippen molar-refractivity contribution < 1.29 is 9.13 Å². The fourth-order valence-electron chi connectivity index (χ4n) is 1.70. The summed E-state index contributed by atoms with van der Waals surface area (Å²) in [4.78, 5) is 4.13. The van der Waals surface area contributed by atoms with Crippen LogP contribution in [0.4, 0.5) is 4.39 Å². The molecule has 0 amide bonds. The lowest BCUT2D eigenvalue weighted by molar-refractivity contribution is 0.476. The van der Waals surface area contributed by atoms with Gasteiger partial charge in [0.25, 0.3) is 0 Å². The molecule has 1 heterocycles. The Morgan fingerprint density at radius 3 is 2.79 bits per heavy atom. The van der Waals surface area contributed by atoms with Gasteiger partial charge < -0.3 is 10.1 Å². The lowest BCUT2D eigenvalue weighted by Gasteiger charge is -2.08. The number of halogens is 1. The summed E-state index contributed by atoms with van der Waals surface area (Å²) in [6.45, 7) is 5.42.